The third-order valence-corrected chi connectivity index (χ3v) is 2.13. The van der Waals surface area contributed by atoms with Gasteiger partial charge in [0.2, 0.25) is 5.69 Å². The van der Waals surface area contributed by atoms with Crippen LogP contribution in [0.1, 0.15) is 6.92 Å². The molecule has 0 fully saturated rings. The van der Waals surface area contributed by atoms with Crippen LogP contribution in [0.15, 0.2) is 29.4 Å². The van der Waals surface area contributed by atoms with Crippen molar-refractivity contribution in [1.29, 1.82) is 0 Å². The van der Waals surface area contributed by atoms with Gasteiger partial charge in [-0.1, -0.05) is 17.0 Å². The van der Waals surface area contributed by atoms with Crippen LogP contribution in [0.2, 0.25) is 0 Å². The van der Waals surface area contributed by atoms with E-state index >= 15 is 0 Å². The molecule has 0 aliphatic carbocycles. The first-order valence-corrected chi connectivity index (χ1v) is 5.00. The molecule has 0 saturated heterocycles. The van der Waals surface area contributed by atoms with E-state index in [1.165, 1.54) is 18.2 Å². The van der Waals surface area contributed by atoms with Gasteiger partial charge in [0.05, 0.1) is 9.85 Å². The summed E-state index contributed by atoms with van der Waals surface area (Å²) < 4.78 is 0. The molecule has 0 saturated carbocycles. The molecule has 0 aliphatic heterocycles. The number of azo groups is 1. The predicted molar refractivity (Wildman–Crippen MR) is 61.3 cm³/mol. The molecular formula is C9H10N4O6. The number of nitro benzene ring substituents is 1. The second kappa shape index (κ2) is 5.35. The number of nitro groups is 2. The third kappa shape index (κ3) is 3.67. The van der Waals surface area contributed by atoms with E-state index in [1.54, 1.807) is 0 Å². The van der Waals surface area contributed by atoms with Gasteiger partial charge in [-0.25, -0.2) is 0 Å². The lowest BCUT2D eigenvalue weighted by Gasteiger charge is -2.11. The molecule has 1 rings (SSSR count). The van der Waals surface area contributed by atoms with Gasteiger partial charge in [-0.2, -0.15) is 0 Å². The quantitative estimate of drug-likeness (QED) is 0.279. The lowest BCUT2D eigenvalue weighted by molar-refractivity contribution is -0.677. The third-order valence-electron chi connectivity index (χ3n) is 2.13. The van der Waals surface area contributed by atoms with Gasteiger partial charge in [-0.05, 0) is 6.07 Å². The summed E-state index contributed by atoms with van der Waals surface area (Å²) in [4.78, 5) is 19.1. The van der Waals surface area contributed by atoms with Crippen LogP contribution >= 0.6 is 0 Å². The second-order valence-electron chi connectivity index (χ2n) is 3.83. The molecule has 10 nitrogen and oxygen atoms in total. The molecule has 0 aliphatic rings. The largest absolute Gasteiger partial charge is 0.599 e. The normalized spacial score (nSPS) is 14.7. The van der Waals surface area contributed by atoms with Gasteiger partial charge in [0.1, 0.15) is 0 Å². The maximum atomic E-state index is 11.4. The Hall–Kier alpha value is -2.62. The molecule has 1 aromatic carbocycles. The zero-order valence-corrected chi connectivity index (χ0v) is 9.79. The van der Waals surface area contributed by atoms with Crippen molar-refractivity contribution in [2.24, 2.45) is 5.11 Å². The Balaban J connectivity index is 3.03. The second-order valence-corrected chi connectivity index (χ2v) is 3.83. The van der Waals surface area contributed by atoms with Gasteiger partial charge >= 0.3 is 11.4 Å². The molecule has 1 unspecified atom stereocenters. The summed E-state index contributed by atoms with van der Waals surface area (Å²) in [7, 11) is 0. The number of aliphatic hydroxyl groups is 1. The number of hydrogen-bond acceptors (Lipinski definition) is 7. The number of rotatable bonds is 5. The average molecular weight is 270 g/mol. The van der Waals surface area contributed by atoms with E-state index in [0.717, 1.165) is 13.0 Å². The van der Waals surface area contributed by atoms with Gasteiger partial charge < -0.3 is 10.3 Å². The van der Waals surface area contributed by atoms with Crippen molar-refractivity contribution in [3.05, 3.63) is 49.7 Å². The lowest BCUT2D eigenvalue weighted by atomic mass is 10.3. The highest BCUT2D eigenvalue weighted by atomic mass is 16.7. The van der Waals surface area contributed by atoms with Gasteiger partial charge in [0.25, 0.3) is 6.54 Å². The van der Waals surface area contributed by atoms with Crippen molar-refractivity contribution in [2.75, 3.05) is 6.54 Å². The standard InChI is InChI=1S/C9H10N4O6/c1-9(14,13(18)19)6-11(15)10-7-4-2-3-5-8(7)12(16)17/h2-5,14H,6H2,1H3. The molecule has 0 amide bonds. The highest BCUT2D eigenvalue weighted by Crippen LogP contribution is 2.26. The molecule has 19 heavy (non-hydrogen) atoms. The fourth-order valence-electron chi connectivity index (χ4n) is 1.17. The topological polar surface area (TPSA) is 145 Å². The Morgan fingerprint density at radius 1 is 1.26 bits per heavy atom. The van der Waals surface area contributed by atoms with Crippen molar-refractivity contribution >= 4 is 11.4 Å². The molecule has 1 aromatic rings. The predicted octanol–water partition coefficient (Wildman–Crippen LogP) is 1.17. The van der Waals surface area contributed by atoms with E-state index in [-0.39, 0.29) is 10.5 Å². The Bertz CT molecular complexity index is 541. The molecule has 102 valence electrons. The Kier molecular flexibility index (Phi) is 4.07. The molecule has 0 aromatic heterocycles. The maximum Gasteiger partial charge on any atom is 0.381 e. The van der Waals surface area contributed by atoms with Crippen LogP contribution in [0.4, 0.5) is 11.4 Å². The summed E-state index contributed by atoms with van der Waals surface area (Å²) in [6.45, 7) is -0.126. The lowest BCUT2D eigenvalue weighted by Crippen LogP contribution is -2.41. The number of hydrogen-bond donors (Lipinski definition) is 1. The molecule has 0 heterocycles. The first-order valence-electron chi connectivity index (χ1n) is 5.00. The minimum atomic E-state index is -2.49. The summed E-state index contributed by atoms with van der Waals surface area (Å²) in [5.74, 6) is 0. The first kappa shape index (κ1) is 14.4. The summed E-state index contributed by atoms with van der Waals surface area (Å²) in [5, 5.41) is 45.1. The number of nitrogens with zero attached hydrogens (tertiary/aromatic N) is 4. The van der Waals surface area contributed by atoms with Crippen LogP contribution in [0, 0.1) is 25.4 Å². The summed E-state index contributed by atoms with van der Waals surface area (Å²) >= 11 is 0. The minimum Gasteiger partial charge on any atom is -0.599 e. The molecule has 10 heteroatoms. The Morgan fingerprint density at radius 3 is 2.37 bits per heavy atom. The van der Waals surface area contributed by atoms with E-state index in [2.05, 4.69) is 5.11 Å². The maximum absolute atomic E-state index is 11.4. The van der Waals surface area contributed by atoms with Gasteiger partial charge in [0, 0.05) is 18.1 Å². The van der Waals surface area contributed by atoms with E-state index in [9.17, 15) is 30.5 Å². The number of benzene rings is 1. The molecule has 0 bridgehead atoms. The van der Waals surface area contributed by atoms with Crippen molar-refractivity contribution in [3.8, 4) is 0 Å². The summed E-state index contributed by atoms with van der Waals surface area (Å²) in [6, 6.07) is 5.16. The van der Waals surface area contributed by atoms with Crippen molar-refractivity contribution in [1.82, 2.24) is 0 Å². The highest BCUT2D eigenvalue weighted by Gasteiger charge is 2.39. The average Bonchev–Trinajstić information content (AvgIpc) is 2.28. The van der Waals surface area contributed by atoms with Gasteiger partial charge in [-0.3, -0.25) is 20.2 Å². The van der Waals surface area contributed by atoms with E-state index in [1.807, 2.05) is 0 Å². The van der Waals surface area contributed by atoms with E-state index in [4.69, 9.17) is 0 Å². The number of para-hydroxylation sites is 1. The Labute approximate surface area is 106 Å². The minimum absolute atomic E-state index is 0.162. The van der Waals surface area contributed by atoms with Crippen LogP contribution in [0.5, 0.6) is 0 Å². The van der Waals surface area contributed by atoms with Crippen LogP contribution in [-0.4, -0.2) is 32.1 Å². The molecule has 1 N–H and O–H groups in total. The Morgan fingerprint density at radius 2 is 1.84 bits per heavy atom. The van der Waals surface area contributed by atoms with Crippen molar-refractivity contribution in [3.63, 3.8) is 0 Å². The van der Waals surface area contributed by atoms with Crippen LogP contribution < -0.4 is 0 Å². The van der Waals surface area contributed by atoms with Crippen molar-refractivity contribution < 1.29 is 19.8 Å². The first-order chi connectivity index (χ1) is 8.74. The van der Waals surface area contributed by atoms with Crippen molar-refractivity contribution in [2.45, 2.75) is 12.6 Å². The molecule has 1 atom stereocenters. The fourth-order valence-corrected chi connectivity index (χ4v) is 1.17. The van der Waals surface area contributed by atoms with Gasteiger partial charge in [-0.15, -0.1) is 0 Å². The van der Waals surface area contributed by atoms with E-state index in [0.29, 0.717) is 0 Å². The zero-order chi connectivity index (χ0) is 14.6. The summed E-state index contributed by atoms with van der Waals surface area (Å²) in [5.41, 5.74) is -3.15. The molecule has 0 radical (unpaired) electrons. The van der Waals surface area contributed by atoms with Crippen LogP contribution in [-0.2, 0) is 0 Å². The van der Waals surface area contributed by atoms with Crippen LogP contribution in [0.25, 0.3) is 0 Å². The molecule has 0 spiro atoms. The molecular weight excluding hydrogens is 260 g/mol. The van der Waals surface area contributed by atoms with Crippen LogP contribution in [0.3, 0.4) is 0 Å². The van der Waals surface area contributed by atoms with E-state index < -0.39 is 27.8 Å². The fraction of sp³-hybridized carbons (Fsp3) is 0.333. The summed E-state index contributed by atoms with van der Waals surface area (Å²) in [6.07, 6.45) is 0. The monoisotopic (exact) mass is 270 g/mol. The SMILES string of the molecule is CC(O)(C[N+]([O-])=Nc1ccccc1[N+](=O)[O-])[N+](=O)[O-]. The zero-order valence-electron chi connectivity index (χ0n) is 9.79. The smallest absolute Gasteiger partial charge is 0.381 e. The highest BCUT2D eigenvalue weighted by molar-refractivity contribution is 5.55. The number of hydroxylamine groups is 1. The van der Waals surface area contributed by atoms with Gasteiger partial charge in [0.15, 0.2) is 0 Å².